The Balaban J connectivity index is 2.59. The average molecular weight is 253 g/mol. The number of aromatic nitrogens is 2. The number of nitrogens with one attached hydrogen (secondary N) is 1. The van der Waals surface area contributed by atoms with Gasteiger partial charge in [-0.15, -0.1) is 0 Å². The fourth-order valence-electron chi connectivity index (χ4n) is 1.74. The van der Waals surface area contributed by atoms with E-state index in [9.17, 15) is 5.11 Å². The largest absolute Gasteiger partial charge is 0.478 e. The Morgan fingerprint density at radius 1 is 1.39 bits per heavy atom. The molecule has 1 aromatic heterocycles. The van der Waals surface area contributed by atoms with Crippen molar-refractivity contribution in [3.8, 4) is 5.88 Å². The van der Waals surface area contributed by atoms with E-state index in [-0.39, 0.29) is 6.10 Å². The van der Waals surface area contributed by atoms with Crippen molar-refractivity contribution in [2.75, 3.05) is 18.5 Å². The van der Waals surface area contributed by atoms with E-state index in [2.05, 4.69) is 29.1 Å². The number of aliphatic hydroxyl groups excluding tert-OH is 1. The van der Waals surface area contributed by atoms with Crippen LogP contribution < -0.4 is 10.1 Å². The van der Waals surface area contributed by atoms with E-state index < -0.39 is 0 Å². The molecule has 5 heteroatoms. The predicted octanol–water partition coefficient (Wildman–Crippen LogP) is 2.00. The number of hydrogen-bond acceptors (Lipinski definition) is 5. The topological polar surface area (TPSA) is 67.3 Å². The Morgan fingerprint density at radius 2 is 2.11 bits per heavy atom. The van der Waals surface area contributed by atoms with E-state index >= 15 is 0 Å². The maximum Gasteiger partial charge on any atom is 0.221 e. The smallest absolute Gasteiger partial charge is 0.221 e. The minimum atomic E-state index is -0.366. The van der Waals surface area contributed by atoms with Crippen LogP contribution in [0.4, 0.5) is 5.82 Å². The normalized spacial score (nSPS) is 12.6. The van der Waals surface area contributed by atoms with Gasteiger partial charge in [0.25, 0.3) is 0 Å². The summed E-state index contributed by atoms with van der Waals surface area (Å²) in [7, 11) is 0. The lowest BCUT2D eigenvalue weighted by molar-refractivity contribution is 0.161. The van der Waals surface area contributed by atoms with Gasteiger partial charge in [0.2, 0.25) is 5.88 Å². The van der Waals surface area contributed by atoms with Gasteiger partial charge in [0, 0.05) is 6.54 Å². The van der Waals surface area contributed by atoms with Gasteiger partial charge in [-0.3, -0.25) is 0 Å². The van der Waals surface area contributed by atoms with E-state index in [0.717, 1.165) is 17.8 Å². The summed E-state index contributed by atoms with van der Waals surface area (Å²) in [6, 6.07) is 0. The van der Waals surface area contributed by atoms with Crippen LogP contribution in [-0.4, -0.2) is 34.3 Å². The molecule has 0 aliphatic heterocycles. The van der Waals surface area contributed by atoms with Crippen molar-refractivity contribution in [1.82, 2.24) is 9.97 Å². The van der Waals surface area contributed by atoms with Gasteiger partial charge in [0.1, 0.15) is 12.1 Å². The van der Waals surface area contributed by atoms with Crippen molar-refractivity contribution < 1.29 is 9.84 Å². The van der Waals surface area contributed by atoms with Gasteiger partial charge in [0.15, 0.2) is 0 Å². The maximum atomic E-state index is 9.81. The van der Waals surface area contributed by atoms with Crippen LogP contribution >= 0.6 is 0 Å². The lowest BCUT2D eigenvalue weighted by Crippen LogP contribution is -2.22. The molecular weight excluding hydrogens is 230 g/mol. The van der Waals surface area contributed by atoms with E-state index in [1.165, 1.54) is 6.33 Å². The first-order valence-electron chi connectivity index (χ1n) is 6.40. The Kier molecular flexibility index (Phi) is 5.85. The van der Waals surface area contributed by atoms with Crippen LogP contribution in [0.25, 0.3) is 0 Å². The van der Waals surface area contributed by atoms with Gasteiger partial charge in [-0.2, -0.15) is 0 Å². The molecular formula is C13H23N3O2. The lowest BCUT2D eigenvalue weighted by atomic mass is 10.1. The van der Waals surface area contributed by atoms with Crippen molar-refractivity contribution in [2.45, 2.75) is 40.2 Å². The van der Waals surface area contributed by atoms with Crippen LogP contribution in [0.3, 0.4) is 0 Å². The summed E-state index contributed by atoms with van der Waals surface area (Å²) in [6.07, 6.45) is 1.87. The summed E-state index contributed by atoms with van der Waals surface area (Å²) in [6.45, 7) is 9.07. The Labute approximate surface area is 109 Å². The second-order valence-corrected chi connectivity index (χ2v) is 4.75. The molecule has 18 heavy (non-hydrogen) atoms. The summed E-state index contributed by atoms with van der Waals surface area (Å²) in [5.41, 5.74) is 0.871. The maximum absolute atomic E-state index is 9.81. The van der Waals surface area contributed by atoms with Crippen molar-refractivity contribution in [3.63, 3.8) is 0 Å². The van der Waals surface area contributed by atoms with Crippen LogP contribution in [0.1, 0.15) is 32.8 Å². The van der Waals surface area contributed by atoms with E-state index in [0.29, 0.717) is 24.9 Å². The number of nitrogens with zero attached hydrogens (tertiary/aromatic N) is 2. The van der Waals surface area contributed by atoms with Crippen molar-refractivity contribution in [1.29, 1.82) is 0 Å². The zero-order valence-corrected chi connectivity index (χ0v) is 11.6. The molecule has 2 N–H and O–H groups in total. The summed E-state index contributed by atoms with van der Waals surface area (Å²) in [4.78, 5) is 8.23. The van der Waals surface area contributed by atoms with Gasteiger partial charge < -0.3 is 15.2 Å². The molecule has 0 radical (unpaired) electrons. The van der Waals surface area contributed by atoms with Gasteiger partial charge in [0.05, 0.1) is 18.3 Å². The quantitative estimate of drug-likeness (QED) is 0.778. The molecule has 0 aliphatic carbocycles. The van der Waals surface area contributed by atoms with Crippen molar-refractivity contribution >= 4 is 5.82 Å². The molecule has 1 aromatic rings. The predicted molar refractivity (Wildman–Crippen MR) is 71.9 cm³/mol. The highest BCUT2D eigenvalue weighted by Gasteiger charge is 2.10. The highest BCUT2D eigenvalue weighted by molar-refractivity contribution is 5.47. The second kappa shape index (κ2) is 7.16. The average Bonchev–Trinajstić information content (AvgIpc) is 2.29. The molecule has 0 fully saturated rings. The Hall–Kier alpha value is -1.36. The van der Waals surface area contributed by atoms with Crippen LogP contribution in [0.15, 0.2) is 6.33 Å². The van der Waals surface area contributed by atoms with E-state index in [1.807, 2.05) is 13.8 Å². The molecule has 0 aliphatic rings. The summed E-state index contributed by atoms with van der Waals surface area (Å²) in [5, 5.41) is 12.9. The fourth-order valence-corrected chi connectivity index (χ4v) is 1.74. The molecule has 1 rings (SSSR count). The number of rotatable bonds is 7. The molecule has 0 spiro atoms. The summed E-state index contributed by atoms with van der Waals surface area (Å²) < 4.78 is 5.40. The number of ether oxygens (including phenoxy) is 1. The number of anilines is 1. The second-order valence-electron chi connectivity index (χ2n) is 4.75. The van der Waals surface area contributed by atoms with E-state index in [4.69, 9.17) is 4.74 Å². The first-order chi connectivity index (χ1) is 8.54. The number of aliphatic hydroxyl groups is 1. The third-order valence-electron chi connectivity index (χ3n) is 2.57. The first-order valence-corrected chi connectivity index (χ1v) is 6.40. The number of hydrogen-bond donors (Lipinski definition) is 2. The molecule has 0 saturated heterocycles. The lowest BCUT2D eigenvalue weighted by Gasteiger charge is -2.16. The molecule has 1 atom stereocenters. The Bertz CT molecular complexity index is 369. The van der Waals surface area contributed by atoms with Crippen LogP contribution in [-0.2, 0) is 0 Å². The molecule has 102 valence electrons. The fraction of sp³-hybridized carbons (Fsp3) is 0.692. The van der Waals surface area contributed by atoms with Crippen molar-refractivity contribution in [3.05, 3.63) is 11.9 Å². The molecule has 0 saturated carbocycles. The molecule has 1 heterocycles. The summed E-state index contributed by atoms with van der Waals surface area (Å²) in [5.74, 6) is 1.79. The molecule has 0 aromatic carbocycles. The standard InChI is InChI=1S/C13H23N3O2/c1-5-18-13-10(4)12(15-8-16-13)14-7-11(17)6-9(2)3/h8-9,11,17H,5-7H2,1-4H3,(H,14,15,16). The third kappa shape index (κ3) is 4.49. The zero-order chi connectivity index (χ0) is 13.5. The van der Waals surface area contributed by atoms with Crippen molar-refractivity contribution in [2.24, 2.45) is 5.92 Å². The zero-order valence-electron chi connectivity index (χ0n) is 11.6. The summed E-state index contributed by atoms with van der Waals surface area (Å²) >= 11 is 0. The van der Waals surface area contributed by atoms with E-state index in [1.54, 1.807) is 0 Å². The van der Waals surface area contributed by atoms with Gasteiger partial charge >= 0.3 is 0 Å². The highest BCUT2D eigenvalue weighted by Crippen LogP contribution is 2.20. The highest BCUT2D eigenvalue weighted by atomic mass is 16.5. The van der Waals surface area contributed by atoms with Crippen LogP contribution in [0.2, 0.25) is 0 Å². The minimum Gasteiger partial charge on any atom is -0.478 e. The SMILES string of the molecule is CCOc1ncnc(NCC(O)CC(C)C)c1C. The first kappa shape index (κ1) is 14.7. The van der Waals surface area contributed by atoms with Gasteiger partial charge in [-0.05, 0) is 26.2 Å². The van der Waals surface area contributed by atoms with Gasteiger partial charge in [-0.25, -0.2) is 9.97 Å². The molecule has 1 unspecified atom stereocenters. The molecule has 0 amide bonds. The molecule has 0 bridgehead atoms. The minimum absolute atomic E-state index is 0.366. The Morgan fingerprint density at radius 3 is 2.72 bits per heavy atom. The van der Waals surface area contributed by atoms with Gasteiger partial charge in [-0.1, -0.05) is 13.8 Å². The third-order valence-corrected chi connectivity index (χ3v) is 2.57. The molecule has 5 nitrogen and oxygen atoms in total. The van der Waals surface area contributed by atoms with Crippen LogP contribution in [0, 0.1) is 12.8 Å². The monoisotopic (exact) mass is 253 g/mol. The van der Waals surface area contributed by atoms with Crippen LogP contribution in [0.5, 0.6) is 5.88 Å².